The summed E-state index contributed by atoms with van der Waals surface area (Å²) < 4.78 is 38.1. The van der Waals surface area contributed by atoms with Crippen LogP contribution in [0.25, 0.3) is 0 Å². The second kappa shape index (κ2) is 7.77. The van der Waals surface area contributed by atoms with Crippen LogP contribution in [0, 0.1) is 24.0 Å². The van der Waals surface area contributed by atoms with E-state index >= 15 is 0 Å². The SMILES string of the molecule is Cc1ccc(NC(=O)CSc2ccc(C(F)(F)F)cc2[N+](=O)[O-])c(C)c1. The number of carbonyl (C=O) groups excluding carboxylic acids is 1. The van der Waals surface area contributed by atoms with Crippen molar-refractivity contribution in [2.75, 3.05) is 11.1 Å². The molecule has 0 aliphatic rings. The van der Waals surface area contributed by atoms with Crippen LogP contribution < -0.4 is 5.32 Å². The van der Waals surface area contributed by atoms with Crippen molar-refractivity contribution in [1.29, 1.82) is 0 Å². The fraction of sp³-hybridized carbons (Fsp3) is 0.235. The Labute approximate surface area is 151 Å². The molecule has 0 heterocycles. The van der Waals surface area contributed by atoms with Gasteiger partial charge in [0.15, 0.2) is 0 Å². The van der Waals surface area contributed by atoms with E-state index in [2.05, 4.69) is 5.32 Å². The molecule has 138 valence electrons. The zero-order valence-corrected chi connectivity index (χ0v) is 14.7. The molecule has 26 heavy (non-hydrogen) atoms. The van der Waals surface area contributed by atoms with Gasteiger partial charge in [0, 0.05) is 11.8 Å². The van der Waals surface area contributed by atoms with Gasteiger partial charge in [0.05, 0.1) is 21.1 Å². The molecule has 5 nitrogen and oxygen atoms in total. The molecule has 0 saturated heterocycles. The number of anilines is 1. The van der Waals surface area contributed by atoms with Gasteiger partial charge in [0.2, 0.25) is 5.91 Å². The summed E-state index contributed by atoms with van der Waals surface area (Å²) in [6, 6.07) is 7.71. The Hall–Kier alpha value is -2.55. The first kappa shape index (κ1) is 19.8. The summed E-state index contributed by atoms with van der Waals surface area (Å²) in [5, 5.41) is 13.7. The zero-order chi connectivity index (χ0) is 19.5. The number of nitro benzene ring substituents is 1. The first-order chi connectivity index (χ1) is 12.1. The van der Waals surface area contributed by atoms with E-state index in [0.29, 0.717) is 11.8 Å². The molecule has 0 atom stereocenters. The number of carbonyl (C=O) groups is 1. The van der Waals surface area contributed by atoms with Gasteiger partial charge < -0.3 is 5.32 Å². The topological polar surface area (TPSA) is 72.2 Å². The van der Waals surface area contributed by atoms with Crippen molar-refractivity contribution in [3.8, 4) is 0 Å². The number of nitrogens with zero attached hydrogens (tertiary/aromatic N) is 1. The van der Waals surface area contributed by atoms with Gasteiger partial charge >= 0.3 is 6.18 Å². The number of aryl methyl sites for hydroxylation is 2. The van der Waals surface area contributed by atoms with Crippen LogP contribution in [0.3, 0.4) is 0 Å². The molecular formula is C17H15F3N2O3S. The van der Waals surface area contributed by atoms with Crippen molar-refractivity contribution < 1.29 is 22.9 Å². The summed E-state index contributed by atoms with van der Waals surface area (Å²) in [5.41, 5.74) is 0.736. The average Bonchev–Trinajstić information content (AvgIpc) is 2.54. The third kappa shape index (κ3) is 4.98. The third-order valence-corrected chi connectivity index (χ3v) is 4.56. The number of nitrogens with one attached hydrogen (secondary N) is 1. The number of benzene rings is 2. The molecule has 0 radical (unpaired) electrons. The highest BCUT2D eigenvalue weighted by atomic mass is 32.2. The molecule has 2 aromatic rings. The highest BCUT2D eigenvalue weighted by Crippen LogP contribution is 2.36. The molecule has 0 saturated carbocycles. The smallest absolute Gasteiger partial charge is 0.325 e. The Kier molecular flexibility index (Phi) is 5.91. The summed E-state index contributed by atoms with van der Waals surface area (Å²) in [7, 11) is 0. The molecule has 2 aromatic carbocycles. The van der Waals surface area contributed by atoms with Crippen LogP contribution >= 0.6 is 11.8 Å². The molecule has 0 bridgehead atoms. The van der Waals surface area contributed by atoms with Crippen molar-refractivity contribution in [2.45, 2.75) is 24.9 Å². The summed E-state index contributed by atoms with van der Waals surface area (Å²) >= 11 is 0.810. The van der Waals surface area contributed by atoms with Gasteiger partial charge in [-0.3, -0.25) is 14.9 Å². The summed E-state index contributed by atoms with van der Waals surface area (Å²) in [4.78, 5) is 22.2. The molecule has 0 spiro atoms. The molecule has 2 rings (SSSR count). The van der Waals surface area contributed by atoms with E-state index in [1.54, 1.807) is 6.07 Å². The molecule has 9 heteroatoms. The summed E-state index contributed by atoms with van der Waals surface area (Å²) in [5.74, 6) is -0.573. The number of hydrogen-bond acceptors (Lipinski definition) is 4. The van der Waals surface area contributed by atoms with Crippen LogP contribution in [0.1, 0.15) is 16.7 Å². The van der Waals surface area contributed by atoms with Crippen molar-refractivity contribution in [3.63, 3.8) is 0 Å². The minimum atomic E-state index is -4.67. The molecule has 0 fully saturated rings. The van der Waals surface area contributed by atoms with Crippen molar-refractivity contribution in [3.05, 3.63) is 63.2 Å². The van der Waals surface area contributed by atoms with Crippen LogP contribution in [0.15, 0.2) is 41.3 Å². The van der Waals surface area contributed by atoms with Crippen LogP contribution in [-0.4, -0.2) is 16.6 Å². The standard InChI is InChI=1S/C17H15F3N2O3S/c1-10-3-5-13(11(2)7-10)21-16(23)9-26-15-6-4-12(17(18,19)20)8-14(15)22(24)25/h3-8H,9H2,1-2H3,(H,21,23). The number of thioether (sulfide) groups is 1. The Balaban J connectivity index is 2.11. The molecular weight excluding hydrogens is 369 g/mol. The van der Waals surface area contributed by atoms with E-state index in [-0.39, 0.29) is 10.6 Å². The van der Waals surface area contributed by atoms with Gasteiger partial charge in [-0.05, 0) is 37.6 Å². The highest BCUT2D eigenvalue weighted by molar-refractivity contribution is 8.00. The monoisotopic (exact) mass is 384 g/mol. The van der Waals surface area contributed by atoms with Crippen LogP contribution in [0.4, 0.5) is 24.5 Å². The number of halogens is 3. The van der Waals surface area contributed by atoms with Crippen LogP contribution in [0.5, 0.6) is 0 Å². The number of alkyl halides is 3. The first-order valence-electron chi connectivity index (χ1n) is 7.43. The lowest BCUT2D eigenvalue weighted by molar-refractivity contribution is -0.388. The Morgan fingerprint density at radius 2 is 1.88 bits per heavy atom. The maximum Gasteiger partial charge on any atom is 0.416 e. The first-order valence-corrected chi connectivity index (χ1v) is 8.42. The molecule has 1 amide bonds. The number of rotatable bonds is 5. The van der Waals surface area contributed by atoms with Gasteiger partial charge in [0.1, 0.15) is 0 Å². The second-order valence-electron chi connectivity index (χ2n) is 5.59. The van der Waals surface area contributed by atoms with Gasteiger partial charge in [-0.2, -0.15) is 13.2 Å². The second-order valence-corrected chi connectivity index (χ2v) is 6.61. The lowest BCUT2D eigenvalue weighted by atomic mass is 10.1. The van der Waals surface area contributed by atoms with Gasteiger partial charge in [0.25, 0.3) is 5.69 Å². The number of hydrogen-bond donors (Lipinski definition) is 1. The number of amides is 1. The Bertz CT molecular complexity index is 854. The largest absolute Gasteiger partial charge is 0.416 e. The quantitative estimate of drug-likeness (QED) is 0.449. The fourth-order valence-corrected chi connectivity index (χ4v) is 3.05. The summed E-state index contributed by atoms with van der Waals surface area (Å²) in [6.45, 7) is 3.74. The number of nitro groups is 1. The molecule has 0 aliphatic heterocycles. The highest BCUT2D eigenvalue weighted by Gasteiger charge is 2.33. The van der Waals surface area contributed by atoms with E-state index in [4.69, 9.17) is 0 Å². The van der Waals surface area contributed by atoms with Gasteiger partial charge in [-0.25, -0.2) is 0 Å². The van der Waals surface area contributed by atoms with Crippen molar-refractivity contribution in [1.82, 2.24) is 0 Å². The van der Waals surface area contributed by atoms with E-state index in [9.17, 15) is 28.1 Å². The van der Waals surface area contributed by atoms with Gasteiger partial charge in [-0.1, -0.05) is 17.7 Å². The van der Waals surface area contributed by atoms with Crippen LogP contribution in [-0.2, 0) is 11.0 Å². The normalized spacial score (nSPS) is 11.3. The maximum absolute atomic E-state index is 12.7. The van der Waals surface area contributed by atoms with Crippen LogP contribution in [0.2, 0.25) is 0 Å². The van der Waals surface area contributed by atoms with Crippen molar-refractivity contribution in [2.24, 2.45) is 0 Å². The average molecular weight is 384 g/mol. The fourth-order valence-electron chi connectivity index (χ4n) is 2.24. The molecule has 1 N–H and O–H groups in total. The molecule has 0 aliphatic carbocycles. The lowest BCUT2D eigenvalue weighted by Crippen LogP contribution is -2.15. The third-order valence-electron chi connectivity index (χ3n) is 3.50. The van der Waals surface area contributed by atoms with Crippen molar-refractivity contribution >= 4 is 29.0 Å². The van der Waals surface area contributed by atoms with E-state index in [1.807, 2.05) is 26.0 Å². The maximum atomic E-state index is 12.7. The predicted molar refractivity (Wildman–Crippen MR) is 93.4 cm³/mol. The lowest BCUT2D eigenvalue weighted by Gasteiger charge is -2.10. The minimum absolute atomic E-state index is 0.00113. The van der Waals surface area contributed by atoms with E-state index in [0.717, 1.165) is 35.0 Å². The molecule has 0 unspecified atom stereocenters. The van der Waals surface area contributed by atoms with Gasteiger partial charge in [-0.15, -0.1) is 11.8 Å². The Morgan fingerprint density at radius 3 is 2.46 bits per heavy atom. The minimum Gasteiger partial charge on any atom is -0.325 e. The zero-order valence-electron chi connectivity index (χ0n) is 13.9. The summed E-state index contributed by atoms with van der Waals surface area (Å²) in [6.07, 6.45) is -4.67. The predicted octanol–water partition coefficient (Wildman–Crippen LogP) is 4.96. The van der Waals surface area contributed by atoms with E-state index in [1.165, 1.54) is 0 Å². The van der Waals surface area contributed by atoms with E-state index < -0.39 is 28.3 Å². The Morgan fingerprint density at radius 1 is 1.19 bits per heavy atom. The molecule has 0 aromatic heterocycles.